The van der Waals surface area contributed by atoms with Gasteiger partial charge in [-0.3, -0.25) is 0 Å². The molecule has 0 aromatic carbocycles. The van der Waals surface area contributed by atoms with E-state index in [4.69, 9.17) is 0 Å². The fraction of sp³-hybridized carbons (Fsp3) is 0.667. The van der Waals surface area contributed by atoms with Gasteiger partial charge in [0.15, 0.2) is 0 Å². The second-order valence-electron chi connectivity index (χ2n) is 4.06. The summed E-state index contributed by atoms with van der Waals surface area (Å²) in [6.45, 7) is 0. The minimum Gasteiger partial charge on any atom is -0.0882 e. The van der Waals surface area contributed by atoms with Crippen LogP contribution in [0, 0.1) is 5.92 Å². The average molecular weight is 162 g/mol. The molecule has 0 heteroatoms. The molecule has 2 aliphatic carbocycles. The average Bonchev–Trinajstić information content (AvgIpc) is 2.46. The lowest BCUT2D eigenvalue weighted by molar-refractivity contribution is 0.542. The fourth-order valence-corrected chi connectivity index (χ4v) is 2.10. The highest BCUT2D eigenvalue weighted by Crippen LogP contribution is 2.27. The lowest BCUT2D eigenvalue weighted by atomic mass is 9.92. The van der Waals surface area contributed by atoms with Crippen LogP contribution in [0.3, 0.4) is 0 Å². The number of allylic oxidation sites excluding steroid dienone is 4. The fourth-order valence-electron chi connectivity index (χ4n) is 2.10. The monoisotopic (exact) mass is 162 g/mol. The zero-order valence-corrected chi connectivity index (χ0v) is 7.76. The van der Waals surface area contributed by atoms with Gasteiger partial charge in [0.1, 0.15) is 0 Å². The van der Waals surface area contributed by atoms with Crippen molar-refractivity contribution in [3.8, 4) is 0 Å². The molecular formula is C12H18. The van der Waals surface area contributed by atoms with Crippen molar-refractivity contribution in [2.45, 2.75) is 44.9 Å². The lowest BCUT2D eigenvalue weighted by Gasteiger charge is -2.14. The number of hydrogen-bond donors (Lipinski definition) is 0. The van der Waals surface area contributed by atoms with Gasteiger partial charge in [-0.1, -0.05) is 23.8 Å². The molecule has 0 amide bonds. The van der Waals surface area contributed by atoms with Gasteiger partial charge in [0.25, 0.3) is 0 Å². The van der Waals surface area contributed by atoms with E-state index in [1.165, 1.54) is 44.9 Å². The third-order valence-corrected chi connectivity index (χ3v) is 3.08. The first-order valence-electron chi connectivity index (χ1n) is 5.30. The molecule has 0 nitrogen and oxygen atoms in total. The van der Waals surface area contributed by atoms with E-state index in [2.05, 4.69) is 18.2 Å². The highest BCUT2D eigenvalue weighted by Gasteiger charge is 2.10. The van der Waals surface area contributed by atoms with E-state index in [0.717, 1.165) is 5.92 Å². The van der Waals surface area contributed by atoms with E-state index in [1.807, 2.05) is 0 Å². The first kappa shape index (κ1) is 8.10. The van der Waals surface area contributed by atoms with Gasteiger partial charge >= 0.3 is 0 Å². The van der Waals surface area contributed by atoms with E-state index in [-0.39, 0.29) is 0 Å². The standard InChI is InChI=1S/C12H18/c1-2-6-11(5-1)7-3-8-12-9-4-10-12/h1,5,9,11H,2-4,6-8,10H2. The molecule has 0 aromatic heterocycles. The molecule has 0 heterocycles. The summed E-state index contributed by atoms with van der Waals surface area (Å²) in [4.78, 5) is 0. The second kappa shape index (κ2) is 3.93. The highest BCUT2D eigenvalue weighted by atomic mass is 14.2. The van der Waals surface area contributed by atoms with Gasteiger partial charge in [0.05, 0.1) is 0 Å². The van der Waals surface area contributed by atoms with Crippen LogP contribution in [0.1, 0.15) is 44.9 Å². The Kier molecular flexibility index (Phi) is 2.65. The Morgan fingerprint density at radius 1 is 1.33 bits per heavy atom. The van der Waals surface area contributed by atoms with Crippen molar-refractivity contribution in [2.24, 2.45) is 5.92 Å². The maximum atomic E-state index is 2.41. The molecule has 0 aliphatic heterocycles. The molecule has 0 spiro atoms. The lowest BCUT2D eigenvalue weighted by Crippen LogP contribution is -1.96. The van der Waals surface area contributed by atoms with E-state index >= 15 is 0 Å². The molecule has 0 saturated carbocycles. The van der Waals surface area contributed by atoms with Gasteiger partial charge in [-0.05, 0) is 50.9 Å². The maximum absolute atomic E-state index is 2.41. The third-order valence-electron chi connectivity index (χ3n) is 3.08. The van der Waals surface area contributed by atoms with Crippen molar-refractivity contribution in [1.29, 1.82) is 0 Å². The third kappa shape index (κ3) is 2.00. The van der Waals surface area contributed by atoms with Gasteiger partial charge in [-0.25, -0.2) is 0 Å². The smallest absolute Gasteiger partial charge is 0.0230 e. The Balaban J connectivity index is 1.58. The van der Waals surface area contributed by atoms with E-state index in [9.17, 15) is 0 Å². The summed E-state index contributed by atoms with van der Waals surface area (Å²) in [5, 5.41) is 0. The summed E-state index contributed by atoms with van der Waals surface area (Å²) in [5.74, 6) is 0.922. The number of hydrogen-bond acceptors (Lipinski definition) is 0. The Morgan fingerprint density at radius 2 is 2.25 bits per heavy atom. The van der Waals surface area contributed by atoms with Gasteiger partial charge in [-0.15, -0.1) is 0 Å². The normalized spacial score (nSPS) is 27.0. The minimum absolute atomic E-state index is 0.922. The van der Waals surface area contributed by atoms with Gasteiger partial charge in [0, 0.05) is 0 Å². The maximum Gasteiger partial charge on any atom is -0.0230 e. The van der Waals surface area contributed by atoms with Gasteiger partial charge in [0.2, 0.25) is 0 Å². The summed E-state index contributed by atoms with van der Waals surface area (Å²) in [6, 6.07) is 0. The van der Waals surface area contributed by atoms with Crippen molar-refractivity contribution in [2.75, 3.05) is 0 Å². The molecule has 66 valence electrons. The Hall–Kier alpha value is -0.520. The first-order chi connectivity index (χ1) is 5.95. The summed E-state index contributed by atoms with van der Waals surface area (Å²) in [5.41, 5.74) is 1.72. The van der Waals surface area contributed by atoms with E-state index < -0.39 is 0 Å². The zero-order valence-electron chi connectivity index (χ0n) is 7.76. The van der Waals surface area contributed by atoms with Crippen molar-refractivity contribution < 1.29 is 0 Å². The van der Waals surface area contributed by atoms with Gasteiger partial charge in [-0.2, -0.15) is 0 Å². The van der Waals surface area contributed by atoms with Crippen LogP contribution in [-0.2, 0) is 0 Å². The van der Waals surface area contributed by atoms with E-state index in [0.29, 0.717) is 0 Å². The number of rotatable bonds is 4. The minimum atomic E-state index is 0.922. The van der Waals surface area contributed by atoms with Crippen molar-refractivity contribution in [3.05, 3.63) is 23.8 Å². The molecule has 12 heavy (non-hydrogen) atoms. The summed E-state index contributed by atoms with van der Waals surface area (Å²) in [7, 11) is 0. The molecule has 2 aliphatic rings. The van der Waals surface area contributed by atoms with Gasteiger partial charge < -0.3 is 0 Å². The molecule has 2 rings (SSSR count). The van der Waals surface area contributed by atoms with Crippen molar-refractivity contribution in [3.63, 3.8) is 0 Å². The Labute approximate surface area is 75.4 Å². The van der Waals surface area contributed by atoms with Crippen LogP contribution in [0.5, 0.6) is 0 Å². The SMILES string of the molecule is C1=CC(CCCC2=CCC2)CC1. The van der Waals surface area contributed by atoms with Crippen LogP contribution in [0.15, 0.2) is 23.8 Å². The van der Waals surface area contributed by atoms with Crippen LogP contribution in [0.25, 0.3) is 0 Å². The van der Waals surface area contributed by atoms with Crippen molar-refractivity contribution >= 4 is 0 Å². The Morgan fingerprint density at radius 3 is 2.83 bits per heavy atom. The molecule has 0 radical (unpaired) electrons. The Bertz CT molecular complexity index is 198. The molecule has 0 aromatic rings. The van der Waals surface area contributed by atoms with Crippen LogP contribution in [0.2, 0.25) is 0 Å². The molecule has 0 bridgehead atoms. The molecule has 0 saturated heterocycles. The zero-order chi connectivity index (χ0) is 8.23. The first-order valence-corrected chi connectivity index (χ1v) is 5.30. The topological polar surface area (TPSA) is 0 Å². The highest BCUT2D eigenvalue weighted by molar-refractivity contribution is 5.11. The predicted molar refractivity (Wildman–Crippen MR) is 53.0 cm³/mol. The predicted octanol–water partition coefficient (Wildman–Crippen LogP) is 3.84. The van der Waals surface area contributed by atoms with Crippen molar-refractivity contribution in [1.82, 2.24) is 0 Å². The molecule has 1 unspecified atom stereocenters. The van der Waals surface area contributed by atoms with Crippen LogP contribution >= 0.6 is 0 Å². The van der Waals surface area contributed by atoms with Crippen LogP contribution in [-0.4, -0.2) is 0 Å². The second-order valence-corrected chi connectivity index (χ2v) is 4.06. The van der Waals surface area contributed by atoms with Crippen LogP contribution in [0.4, 0.5) is 0 Å². The molecule has 0 N–H and O–H groups in total. The summed E-state index contributed by atoms with van der Waals surface area (Å²) >= 11 is 0. The molecule has 0 fully saturated rings. The summed E-state index contributed by atoms with van der Waals surface area (Å²) in [6.07, 6.45) is 16.9. The van der Waals surface area contributed by atoms with E-state index in [1.54, 1.807) is 5.57 Å². The van der Waals surface area contributed by atoms with Crippen LogP contribution < -0.4 is 0 Å². The molecular weight excluding hydrogens is 144 g/mol. The molecule has 1 atom stereocenters. The quantitative estimate of drug-likeness (QED) is 0.551. The summed E-state index contributed by atoms with van der Waals surface area (Å²) < 4.78 is 0. The largest absolute Gasteiger partial charge is 0.0882 e.